The van der Waals surface area contributed by atoms with E-state index in [0.29, 0.717) is 21.4 Å². The summed E-state index contributed by atoms with van der Waals surface area (Å²) < 4.78 is 0. The van der Waals surface area contributed by atoms with E-state index < -0.39 is 6.03 Å². The standard InChI is InChI=1S/C15H10Cl2N2O/c16-11-3-5-13-9(7-11)1-2-10-8-12(17)4-6-14(10)19(13)15(18)20/h1-8H,(H2,18,20). The van der Waals surface area contributed by atoms with Gasteiger partial charge in [-0.2, -0.15) is 0 Å². The minimum atomic E-state index is -0.555. The first-order valence-electron chi connectivity index (χ1n) is 5.93. The summed E-state index contributed by atoms with van der Waals surface area (Å²) in [6.45, 7) is 0. The first-order chi connectivity index (χ1) is 9.56. The molecule has 100 valence electrons. The van der Waals surface area contributed by atoms with Crippen LogP contribution < -0.4 is 10.6 Å². The second-order valence-electron chi connectivity index (χ2n) is 4.41. The molecule has 0 fully saturated rings. The first kappa shape index (κ1) is 13.0. The van der Waals surface area contributed by atoms with Crippen LogP contribution in [0.1, 0.15) is 11.1 Å². The molecule has 1 aliphatic heterocycles. The molecule has 20 heavy (non-hydrogen) atoms. The van der Waals surface area contributed by atoms with Crippen molar-refractivity contribution in [3.8, 4) is 0 Å². The summed E-state index contributed by atoms with van der Waals surface area (Å²) in [4.78, 5) is 13.3. The molecule has 1 heterocycles. The fourth-order valence-electron chi connectivity index (χ4n) is 2.27. The Labute approximate surface area is 126 Å². The van der Waals surface area contributed by atoms with Crippen LogP contribution in [0.5, 0.6) is 0 Å². The smallest absolute Gasteiger partial charge is 0.323 e. The fraction of sp³-hybridized carbons (Fsp3) is 0. The second-order valence-corrected chi connectivity index (χ2v) is 5.29. The van der Waals surface area contributed by atoms with Crippen LogP contribution in [-0.2, 0) is 0 Å². The Morgan fingerprint density at radius 2 is 1.35 bits per heavy atom. The maximum Gasteiger partial charge on any atom is 0.323 e. The van der Waals surface area contributed by atoms with E-state index in [2.05, 4.69) is 0 Å². The van der Waals surface area contributed by atoms with Gasteiger partial charge < -0.3 is 5.73 Å². The zero-order valence-electron chi connectivity index (χ0n) is 10.3. The van der Waals surface area contributed by atoms with E-state index in [1.807, 2.05) is 12.2 Å². The van der Waals surface area contributed by atoms with Crippen molar-refractivity contribution in [1.29, 1.82) is 0 Å². The number of carbonyl (C=O) groups is 1. The summed E-state index contributed by atoms with van der Waals surface area (Å²) in [5.41, 5.74) is 8.57. The number of benzene rings is 2. The van der Waals surface area contributed by atoms with Gasteiger partial charge in [-0.05, 0) is 36.4 Å². The molecule has 0 radical (unpaired) electrons. The van der Waals surface area contributed by atoms with Crippen LogP contribution in [0.2, 0.25) is 10.0 Å². The molecule has 0 aliphatic carbocycles. The lowest BCUT2D eigenvalue weighted by atomic mass is 10.1. The quantitative estimate of drug-likeness (QED) is 0.753. The molecular weight excluding hydrogens is 295 g/mol. The minimum Gasteiger partial charge on any atom is -0.351 e. The number of urea groups is 1. The van der Waals surface area contributed by atoms with Crippen LogP contribution >= 0.6 is 23.2 Å². The summed E-state index contributed by atoms with van der Waals surface area (Å²) in [5, 5.41) is 1.20. The maximum atomic E-state index is 11.9. The largest absolute Gasteiger partial charge is 0.351 e. The van der Waals surface area contributed by atoms with Crippen LogP contribution in [0.25, 0.3) is 12.2 Å². The van der Waals surface area contributed by atoms with E-state index in [0.717, 1.165) is 11.1 Å². The molecule has 2 N–H and O–H groups in total. The molecule has 3 rings (SSSR count). The number of nitrogens with two attached hydrogens (primary N) is 1. The van der Waals surface area contributed by atoms with Crippen molar-refractivity contribution in [3.63, 3.8) is 0 Å². The number of hydrogen-bond donors (Lipinski definition) is 1. The number of nitrogens with zero attached hydrogens (tertiary/aromatic N) is 1. The van der Waals surface area contributed by atoms with Crippen molar-refractivity contribution < 1.29 is 4.79 Å². The van der Waals surface area contributed by atoms with E-state index in [9.17, 15) is 4.79 Å². The summed E-state index contributed by atoms with van der Waals surface area (Å²) in [5.74, 6) is 0. The number of fused-ring (bicyclic) bond motifs is 2. The van der Waals surface area contributed by atoms with Crippen molar-refractivity contribution in [1.82, 2.24) is 0 Å². The van der Waals surface area contributed by atoms with Crippen molar-refractivity contribution in [3.05, 3.63) is 57.6 Å². The maximum absolute atomic E-state index is 11.9. The lowest BCUT2D eigenvalue weighted by Gasteiger charge is -2.23. The van der Waals surface area contributed by atoms with E-state index >= 15 is 0 Å². The monoisotopic (exact) mass is 304 g/mol. The predicted molar refractivity (Wildman–Crippen MR) is 83.6 cm³/mol. The van der Waals surface area contributed by atoms with Crippen LogP contribution in [0.3, 0.4) is 0 Å². The molecule has 0 saturated heterocycles. The van der Waals surface area contributed by atoms with Crippen LogP contribution in [0, 0.1) is 0 Å². The Morgan fingerprint density at radius 3 is 1.75 bits per heavy atom. The normalized spacial score (nSPS) is 12.6. The van der Waals surface area contributed by atoms with Gasteiger partial charge in [-0.3, -0.25) is 4.90 Å². The van der Waals surface area contributed by atoms with E-state index in [1.165, 1.54) is 4.90 Å². The number of amides is 2. The van der Waals surface area contributed by atoms with Gasteiger partial charge in [0.25, 0.3) is 0 Å². The van der Waals surface area contributed by atoms with Gasteiger partial charge >= 0.3 is 6.03 Å². The fourth-order valence-corrected chi connectivity index (χ4v) is 2.63. The molecule has 0 aromatic heterocycles. The van der Waals surface area contributed by atoms with E-state index in [4.69, 9.17) is 28.9 Å². The molecule has 0 atom stereocenters. The average Bonchev–Trinajstić information content (AvgIpc) is 2.55. The summed E-state index contributed by atoms with van der Waals surface area (Å²) in [7, 11) is 0. The molecule has 0 bridgehead atoms. The highest BCUT2D eigenvalue weighted by molar-refractivity contribution is 6.31. The van der Waals surface area contributed by atoms with Gasteiger partial charge in [0.15, 0.2) is 0 Å². The number of rotatable bonds is 0. The SMILES string of the molecule is NC(=O)N1c2ccc(Cl)cc2C=Cc2cc(Cl)ccc21. The summed E-state index contributed by atoms with van der Waals surface area (Å²) in [6.07, 6.45) is 3.78. The predicted octanol–water partition coefficient (Wildman–Crippen LogP) is 4.69. The lowest BCUT2D eigenvalue weighted by Crippen LogP contribution is -2.32. The molecule has 2 aromatic rings. The van der Waals surface area contributed by atoms with Crippen molar-refractivity contribution in [2.45, 2.75) is 0 Å². The summed E-state index contributed by atoms with van der Waals surface area (Å²) >= 11 is 12.0. The molecule has 0 saturated carbocycles. The molecule has 3 nitrogen and oxygen atoms in total. The van der Waals surface area contributed by atoms with Crippen LogP contribution in [0.15, 0.2) is 36.4 Å². The first-order valence-corrected chi connectivity index (χ1v) is 6.68. The Morgan fingerprint density at radius 1 is 0.900 bits per heavy atom. The zero-order chi connectivity index (χ0) is 14.3. The Hall–Kier alpha value is -1.97. The third-order valence-corrected chi connectivity index (χ3v) is 3.59. The van der Waals surface area contributed by atoms with Gasteiger partial charge in [0.1, 0.15) is 0 Å². The molecule has 2 amide bonds. The van der Waals surface area contributed by atoms with Crippen molar-refractivity contribution in [2.24, 2.45) is 5.73 Å². The van der Waals surface area contributed by atoms with Crippen LogP contribution in [0.4, 0.5) is 16.2 Å². The molecular formula is C15H10Cl2N2O. The Balaban J connectivity index is 2.30. The highest BCUT2D eigenvalue weighted by Gasteiger charge is 2.22. The van der Waals surface area contributed by atoms with Gasteiger partial charge in [0.05, 0.1) is 11.4 Å². The van der Waals surface area contributed by atoms with Crippen molar-refractivity contribution in [2.75, 3.05) is 4.90 Å². The Bertz CT molecular complexity index is 685. The summed E-state index contributed by atoms with van der Waals surface area (Å²) in [6, 6.07) is 10.0. The highest BCUT2D eigenvalue weighted by Crippen LogP contribution is 2.38. The van der Waals surface area contributed by atoms with Crippen LogP contribution in [-0.4, -0.2) is 6.03 Å². The third kappa shape index (κ3) is 2.15. The molecule has 5 heteroatoms. The molecule has 0 unspecified atom stereocenters. The van der Waals surface area contributed by atoms with E-state index in [-0.39, 0.29) is 0 Å². The second kappa shape index (κ2) is 4.85. The number of primary amides is 1. The van der Waals surface area contributed by atoms with Gasteiger partial charge in [0, 0.05) is 21.2 Å². The zero-order valence-corrected chi connectivity index (χ0v) is 11.8. The lowest BCUT2D eigenvalue weighted by molar-refractivity contribution is 0.256. The number of anilines is 2. The van der Waals surface area contributed by atoms with Gasteiger partial charge in [-0.15, -0.1) is 0 Å². The molecule has 1 aliphatic rings. The molecule has 0 spiro atoms. The third-order valence-electron chi connectivity index (χ3n) is 3.12. The van der Waals surface area contributed by atoms with Gasteiger partial charge in [0.2, 0.25) is 0 Å². The highest BCUT2D eigenvalue weighted by atomic mass is 35.5. The van der Waals surface area contributed by atoms with Gasteiger partial charge in [-0.25, -0.2) is 4.79 Å². The van der Waals surface area contributed by atoms with Crippen molar-refractivity contribution >= 4 is 52.8 Å². The topological polar surface area (TPSA) is 46.3 Å². The minimum absolute atomic E-state index is 0.555. The number of carbonyl (C=O) groups excluding carboxylic acids is 1. The Kier molecular flexibility index (Phi) is 3.16. The number of hydrogen-bond acceptors (Lipinski definition) is 1. The van der Waals surface area contributed by atoms with E-state index in [1.54, 1.807) is 36.4 Å². The van der Waals surface area contributed by atoms with Gasteiger partial charge in [-0.1, -0.05) is 35.4 Å². The number of halogens is 2. The molecule has 2 aromatic carbocycles. The average molecular weight is 305 g/mol.